The number of nitrogens with zero attached hydrogens (tertiary/aromatic N) is 2. The van der Waals surface area contributed by atoms with Crippen molar-refractivity contribution in [3.63, 3.8) is 0 Å². The van der Waals surface area contributed by atoms with Gasteiger partial charge < -0.3 is 10.3 Å². The number of nitrogens with two attached hydrogens (primary N) is 1. The molecule has 0 aliphatic carbocycles. The fraction of sp³-hybridized carbons (Fsp3) is 0.250. The van der Waals surface area contributed by atoms with Crippen molar-refractivity contribution in [2.75, 3.05) is 5.75 Å². The van der Waals surface area contributed by atoms with E-state index in [0.717, 1.165) is 38.9 Å². The zero-order chi connectivity index (χ0) is 11.8. The molecule has 88 valence electrons. The van der Waals surface area contributed by atoms with E-state index >= 15 is 0 Å². The first-order chi connectivity index (χ1) is 8.29. The molecule has 1 aliphatic heterocycles. The van der Waals surface area contributed by atoms with E-state index in [1.54, 1.807) is 11.8 Å². The molecular formula is C12H12BrN3S. The van der Waals surface area contributed by atoms with Crippen LogP contribution in [0.5, 0.6) is 0 Å². The van der Waals surface area contributed by atoms with E-state index in [-0.39, 0.29) is 0 Å². The van der Waals surface area contributed by atoms with E-state index in [2.05, 4.69) is 32.6 Å². The molecule has 1 aromatic heterocycles. The van der Waals surface area contributed by atoms with E-state index in [0.29, 0.717) is 6.54 Å². The number of thioether (sulfide) groups is 1. The molecule has 0 saturated heterocycles. The van der Waals surface area contributed by atoms with Crippen molar-refractivity contribution >= 4 is 27.7 Å². The van der Waals surface area contributed by atoms with Gasteiger partial charge in [0.15, 0.2) is 5.16 Å². The lowest BCUT2D eigenvalue weighted by molar-refractivity contribution is 0.678. The molecule has 0 saturated carbocycles. The average molecular weight is 310 g/mol. The molecular weight excluding hydrogens is 298 g/mol. The van der Waals surface area contributed by atoms with Crippen LogP contribution in [0.25, 0.3) is 11.3 Å². The van der Waals surface area contributed by atoms with Gasteiger partial charge >= 0.3 is 0 Å². The maximum Gasteiger partial charge on any atom is 0.168 e. The summed E-state index contributed by atoms with van der Waals surface area (Å²) < 4.78 is 3.32. The highest BCUT2D eigenvalue weighted by atomic mass is 79.9. The molecule has 0 unspecified atom stereocenters. The fourth-order valence-corrected chi connectivity index (χ4v) is 3.31. The second kappa shape index (κ2) is 4.48. The van der Waals surface area contributed by atoms with Crippen molar-refractivity contribution in [1.82, 2.24) is 9.55 Å². The molecule has 1 aromatic carbocycles. The number of halogens is 1. The molecule has 5 heteroatoms. The van der Waals surface area contributed by atoms with Gasteiger partial charge in [0.25, 0.3) is 0 Å². The number of hydrogen-bond donors (Lipinski definition) is 1. The minimum Gasteiger partial charge on any atom is -0.325 e. The Morgan fingerprint density at radius 1 is 1.35 bits per heavy atom. The molecule has 2 N–H and O–H groups in total. The Labute approximate surface area is 113 Å². The highest BCUT2D eigenvalue weighted by Gasteiger charge is 2.21. The molecule has 0 spiro atoms. The Bertz CT molecular complexity index is 548. The van der Waals surface area contributed by atoms with Crippen molar-refractivity contribution < 1.29 is 0 Å². The lowest BCUT2D eigenvalue weighted by Crippen LogP contribution is -2.07. The lowest BCUT2D eigenvalue weighted by atomic mass is 10.1. The van der Waals surface area contributed by atoms with Gasteiger partial charge in [-0.05, 0) is 12.1 Å². The third-order valence-corrected chi connectivity index (χ3v) is 4.38. The average Bonchev–Trinajstić information content (AvgIpc) is 2.89. The molecule has 0 radical (unpaired) electrons. The summed E-state index contributed by atoms with van der Waals surface area (Å²) in [6, 6.07) is 8.22. The Balaban J connectivity index is 2.11. The zero-order valence-electron chi connectivity index (χ0n) is 9.19. The Kier molecular flexibility index (Phi) is 2.98. The summed E-state index contributed by atoms with van der Waals surface area (Å²) in [5, 5.41) is 1.10. The molecule has 2 heterocycles. The van der Waals surface area contributed by atoms with Gasteiger partial charge in [-0.3, -0.25) is 0 Å². The summed E-state index contributed by atoms with van der Waals surface area (Å²) in [5.41, 5.74) is 9.17. The maximum atomic E-state index is 5.86. The largest absolute Gasteiger partial charge is 0.325 e. The molecule has 0 atom stereocenters. The minimum absolute atomic E-state index is 0.541. The quantitative estimate of drug-likeness (QED) is 0.927. The second-order valence-electron chi connectivity index (χ2n) is 3.90. The van der Waals surface area contributed by atoms with Crippen LogP contribution in [0.4, 0.5) is 0 Å². The van der Waals surface area contributed by atoms with E-state index in [4.69, 9.17) is 10.7 Å². The molecule has 3 rings (SSSR count). The number of aromatic nitrogens is 2. The summed E-state index contributed by atoms with van der Waals surface area (Å²) in [6.45, 7) is 1.56. The van der Waals surface area contributed by atoms with Crippen molar-refractivity contribution in [1.29, 1.82) is 0 Å². The van der Waals surface area contributed by atoms with Crippen LogP contribution in [-0.4, -0.2) is 15.3 Å². The van der Waals surface area contributed by atoms with E-state index in [1.165, 1.54) is 0 Å². The molecule has 0 fully saturated rings. The fourth-order valence-electron chi connectivity index (χ4n) is 2.08. The monoisotopic (exact) mass is 309 g/mol. The molecule has 1 aliphatic rings. The van der Waals surface area contributed by atoms with Gasteiger partial charge in [0.1, 0.15) is 0 Å². The van der Waals surface area contributed by atoms with Crippen LogP contribution < -0.4 is 5.73 Å². The third-order valence-electron chi connectivity index (χ3n) is 2.89. The van der Waals surface area contributed by atoms with Crippen LogP contribution in [-0.2, 0) is 13.1 Å². The number of rotatable bonds is 2. The maximum absolute atomic E-state index is 5.86. The first kappa shape index (κ1) is 11.3. The minimum atomic E-state index is 0.541. The van der Waals surface area contributed by atoms with Crippen LogP contribution in [0, 0.1) is 0 Å². The number of hydrogen-bond acceptors (Lipinski definition) is 3. The Morgan fingerprint density at radius 3 is 2.82 bits per heavy atom. The van der Waals surface area contributed by atoms with Gasteiger partial charge in [0, 0.05) is 28.9 Å². The van der Waals surface area contributed by atoms with Crippen molar-refractivity contribution in [3.05, 3.63) is 34.4 Å². The summed E-state index contributed by atoms with van der Waals surface area (Å²) in [4.78, 5) is 4.69. The van der Waals surface area contributed by atoms with E-state index in [9.17, 15) is 0 Å². The summed E-state index contributed by atoms with van der Waals surface area (Å²) in [5.74, 6) is 1.11. The first-order valence-electron chi connectivity index (χ1n) is 5.48. The van der Waals surface area contributed by atoms with E-state index < -0.39 is 0 Å². The second-order valence-corrected chi connectivity index (χ2v) is 5.88. The first-order valence-corrected chi connectivity index (χ1v) is 7.25. The standard InChI is InChI=1S/C12H12BrN3S/c13-9-3-1-8(2-4-9)11-10(7-14)16-5-6-17-12(16)15-11/h1-4H,5-7,14H2. The Hall–Kier alpha value is -0.780. The molecule has 2 aromatic rings. The summed E-state index contributed by atoms with van der Waals surface area (Å²) >= 11 is 5.25. The predicted molar refractivity (Wildman–Crippen MR) is 74.0 cm³/mol. The van der Waals surface area contributed by atoms with Crippen LogP contribution in [0.2, 0.25) is 0 Å². The van der Waals surface area contributed by atoms with Crippen LogP contribution in [0.1, 0.15) is 5.69 Å². The molecule has 17 heavy (non-hydrogen) atoms. The number of benzene rings is 1. The van der Waals surface area contributed by atoms with Crippen molar-refractivity contribution in [2.24, 2.45) is 5.73 Å². The van der Waals surface area contributed by atoms with Gasteiger partial charge in [0.05, 0.1) is 11.4 Å². The number of fused-ring (bicyclic) bond motifs is 1. The van der Waals surface area contributed by atoms with Gasteiger partial charge in [0.2, 0.25) is 0 Å². The zero-order valence-corrected chi connectivity index (χ0v) is 11.6. The summed E-state index contributed by atoms with van der Waals surface area (Å²) in [7, 11) is 0. The van der Waals surface area contributed by atoms with Gasteiger partial charge in [-0.15, -0.1) is 0 Å². The smallest absolute Gasteiger partial charge is 0.168 e. The molecule has 0 bridgehead atoms. The van der Waals surface area contributed by atoms with E-state index in [1.807, 2.05) is 12.1 Å². The summed E-state index contributed by atoms with van der Waals surface area (Å²) in [6.07, 6.45) is 0. The highest BCUT2D eigenvalue weighted by molar-refractivity contribution is 9.10. The SMILES string of the molecule is NCc1c(-c2ccc(Br)cc2)nc2n1CCS2. The molecule has 3 nitrogen and oxygen atoms in total. The van der Waals surface area contributed by atoms with Crippen LogP contribution in [0.3, 0.4) is 0 Å². The van der Waals surface area contributed by atoms with Crippen LogP contribution >= 0.6 is 27.7 Å². The van der Waals surface area contributed by atoms with Gasteiger partial charge in [-0.2, -0.15) is 0 Å². The van der Waals surface area contributed by atoms with Crippen molar-refractivity contribution in [3.8, 4) is 11.3 Å². The number of imidazole rings is 1. The Morgan fingerprint density at radius 2 is 2.12 bits per heavy atom. The van der Waals surface area contributed by atoms with Crippen molar-refractivity contribution in [2.45, 2.75) is 18.2 Å². The predicted octanol–water partition coefficient (Wildman–Crippen LogP) is 2.88. The normalized spacial score (nSPS) is 14.0. The topological polar surface area (TPSA) is 43.8 Å². The molecule has 0 amide bonds. The third kappa shape index (κ3) is 1.92. The lowest BCUT2D eigenvalue weighted by Gasteiger charge is -2.04. The van der Waals surface area contributed by atoms with Gasteiger partial charge in [-0.25, -0.2) is 4.98 Å². The van der Waals surface area contributed by atoms with Gasteiger partial charge in [-0.1, -0.05) is 39.8 Å². The van der Waals surface area contributed by atoms with Crippen LogP contribution in [0.15, 0.2) is 33.9 Å². The highest BCUT2D eigenvalue weighted by Crippen LogP contribution is 2.33.